The van der Waals surface area contributed by atoms with Crippen LogP contribution in [0.1, 0.15) is 38.2 Å². The van der Waals surface area contributed by atoms with E-state index >= 15 is 0 Å². The summed E-state index contributed by atoms with van der Waals surface area (Å²) in [5.41, 5.74) is -0.307. The van der Waals surface area contributed by atoms with Crippen LogP contribution < -0.4 is 21.9 Å². The fourth-order valence-corrected chi connectivity index (χ4v) is 2.64. The van der Waals surface area contributed by atoms with Crippen LogP contribution in [0.25, 0.3) is 0 Å². The summed E-state index contributed by atoms with van der Waals surface area (Å²) in [5, 5.41) is 5.93. The summed E-state index contributed by atoms with van der Waals surface area (Å²) in [5.74, 6) is 0.509. The highest BCUT2D eigenvalue weighted by Crippen LogP contribution is 2.14. The molecule has 0 aliphatic heterocycles. The molecule has 0 aliphatic carbocycles. The van der Waals surface area contributed by atoms with Gasteiger partial charge in [-0.25, -0.2) is 9.79 Å². The minimum absolute atomic E-state index is 0.0325. The maximum atomic E-state index is 12.1. The van der Waals surface area contributed by atoms with Gasteiger partial charge in [0, 0.05) is 33.3 Å². The third kappa shape index (κ3) is 5.94. The van der Waals surface area contributed by atoms with Gasteiger partial charge in [-0.15, -0.1) is 0 Å². The molecule has 26 heavy (non-hydrogen) atoms. The van der Waals surface area contributed by atoms with Gasteiger partial charge in [0.05, 0.1) is 5.56 Å². The van der Waals surface area contributed by atoms with Gasteiger partial charge in [0.25, 0.3) is 5.56 Å². The molecule has 1 heterocycles. The van der Waals surface area contributed by atoms with Crippen molar-refractivity contribution in [3.63, 3.8) is 0 Å². The first-order valence-electron chi connectivity index (χ1n) is 9.05. The maximum Gasteiger partial charge on any atom is 0.332 e. The molecule has 1 aromatic heterocycles. The number of rotatable bonds is 10. The Hall–Kier alpha value is -2.22. The van der Waals surface area contributed by atoms with Crippen molar-refractivity contribution in [3.05, 3.63) is 26.4 Å². The molecule has 0 saturated heterocycles. The number of nitrogens with zero attached hydrogens (tertiary/aromatic N) is 3. The first kappa shape index (κ1) is 21.8. The van der Waals surface area contributed by atoms with Crippen molar-refractivity contribution < 1.29 is 4.79 Å². The summed E-state index contributed by atoms with van der Waals surface area (Å²) in [6.07, 6.45) is 4.58. The predicted molar refractivity (Wildman–Crippen MR) is 104 cm³/mol. The smallest absolute Gasteiger partial charge is 0.332 e. The Balaban J connectivity index is 2.73. The lowest BCUT2D eigenvalue weighted by atomic mass is 10.0. The number of amides is 1. The zero-order valence-electron chi connectivity index (χ0n) is 16.5. The quantitative estimate of drug-likeness (QED) is 0.469. The Morgan fingerprint density at radius 3 is 2.54 bits per heavy atom. The molecule has 8 heteroatoms. The van der Waals surface area contributed by atoms with Crippen LogP contribution in [0, 0.1) is 12.8 Å². The van der Waals surface area contributed by atoms with Crippen LogP contribution >= 0.6 is 0 Å². The molecule has 0 aliphatic rings. The highest BCUT2D eigenvalue weighted by atomic mass is 16.2. The van der Waals surface area contributed by atoms with Crippen LogP contribution in [0.5, 0.6) is 0 Å². The van der Waals surface area contributed by atoms with Crippen molar-refractivity contribution >= 4 is 17.9 Å². The van der Waals surface area contributed by atoms with E-state index in [1.807, 2.05) is 14.0 Å². The number of aromatic nitrogens is 2. The van der Waals surface area contributed by atoms with Crippen LogP contribution in [0.4, 0.5) is 5.82 Å². The molecule has 1 rings (SSSR count). The standard InChI is InChI=1S/C18H31N5O3/c1-6-14(8-9-15(24)20-11-7-10-19-3)12-21-16-13(2)17(25)23(5)18(26)22(16)4/h12,14,19H,6-11H2,1-5H3,(H,20,24)/b21-12-/t14-/m0/s1. The summed E-state index contributed by atoms with van der Waals surface area (Å²) < 4.78 is 2.44. The van der Waals surface area contributed by atoms with E-state index in [4.69, 9.17) is 0 Å². The third-order valence-corrected chi connectivity index (χ3v) is 4.45. The van der Waals surface area contributed by atoms with E-state index < -0.39 is 5.69 Å². The molecule has 0 unspecified atom stereocenters. The SMILES string of the molecule is CC[C@H](/C=N\c1c(C)c(=O)n(C)c(=O)n1C)CCC(=O)NCCCNC. The Bertz CT molecular complexity index is 711. The number of aliphatic imine (C=N–C) groups is 1. The summed E-state index contributed by atoms with van der Waals surface area (Å²) >= 11 is 0. The van der Waals surface area contributed by atoms with Crippen LogP contribution in [-0.2, 0) is 18.9 Å². The molecule has 8 nitrogen and oxygen atoms in total. The van der Waals surface area contributed by atoms with Gasteiger partial charge in [-0.05, 0) is 45.7 Å². The molecule has 1 amide bonds. The van der Waals surface area contributed by atoms with Crippen LogP contribution in [0.2, 0.25) is 0 Å². The molecular weight excluding hydrogens is 334 g/mol. The largest absolute Gasteiger partial charge is 0.356 e. The minimum atomic E-state index is -0.401. The van der Waals surface area contributed by atoms with Crippen molar-refractivity contribution in [1.29, 1.82) is 0 Å². The number of hydrogen-bond acceptors (Lipinski definition) is 5. The normalized spacial score (nSPS) is 12.5. The van der Waals surface area contributed by atoms with Gasteiger partial charge < -0.3 is 10.6 Å². The zero-order valence-corrected chi connectivity index (χ0v) is 16.5. The fraction of sp³-hybridized carbons (Fsp3) is 0.667. The van der Waals surface area contributed by atoms with Gasteiger partial charge in [0.15, 0.2) is 0 Å². The predicted octanol–water partition coefficient (Wildman–Crippen LogP) is 0.627. The molecule has 0 spiro atoms. The van der Waals surface area contributed by atoms with E-state index in [0.29, 0.717) is 30.8 Å². The molecule has 1 aromatic rings. The first-order chi connectivity index (χ1) is 12.3. The van der Waals surface area contributed by atoms with Crippen molar-refractivity contribution in [2.45, 2.75) is 39.5 Å². The van der Waals surface area contributed by atoms with Crippen molar-refractivity contribution in [1.82, 2.24) is 19.8 Å². The second-order valence-corrected chi connectivity index (χ2v) is 6.45. The topological polar surface area (TPSA) is 97.5 Å². The van der Waals surface area contributed by atoms with E-state index in [0.717, 1.165) is 24.0 Å². The number of carbonyl (C=O) groups is 1. The van der Waals surface area contributed by atoms with E-state index in [-0.39, 0.29) is 17.4 Å². The number of nitrogens with one attached hydrogen (secondary N) is 2. The Morgan fingerprint density at radius 1 is 1.23 bits per heavy atom. The van der Waals surface area contributed by atoms with Gasteiger partial charge in [0.1, 0.15) is 5.82 Å². The third-order valence-electron chi connectivity index (χ3n) is 4.45. The second-order valence-electron chi connectivity index (χ2n) is 6.45. The van der Waals surface area contributed by atoms with Gasteiger partial charge in [-0.1, -0.05) is 6.92 Å². The summed E-state index contributed by atoms with van der Waals surface area (Å²) in [7, 11) is 4.93. The zero-order chi connectivity index (χ0) is 19.7. The highest BCUT2D eigenvalue weighted by Gasteiger charge is 2.12. The van der Waals surface area contributed by atoms with Crippen LogP contribution in [-0.4, -0.2) is 41.4 Å². The van der Waals surface area contributed by atoms with Crippen LogP contribution in [0.3, 0.4) is 0 Å². The van der Waals surface area contributed by atoms with Crippen LogP contribution in [0.15, 0.2) is 14.6 Å². The average molecular weight is 365 g/mol. The van der Waals surface area contributed by atoms with Gasteiger partial charge in [-0.3, -0.25) is 18.7 Å². The summed E-state index contributed by atoms with van der Waals surface area (Å²) in [6, 6.07) is 0. The lowest BCUT2D eigenvalue weighted by Crippen LogP contribution is -2.38. The molecule has 146 valence electrons. The van der Waals surface area contributed by atoms with Gasteiger partial charge >= 0.3 is 5.69 Å². The molecule has 1 atom stereocenters. The number of hydrogen-bond donors (Lipinski definition) is 2. The molecule has 2 N–H and O–H groups in total. The Kier molecular flexibility index (Phi) is 8.98. The average Bonchev–Trinajstić information content (AvgIpc) is 2.64. The lowest BCUT2D eigenvalue weighted by molar-refractivity contribution is -0.121. The van der Waals surface area contributed by atoms with E-state index in [2.05, 4.69) is 15.6 Å². The maximum absolute atomic E-state index is 12.1. The van der Waals surface area contributed by atoms with Crippen molar-refractivity contribution in [2.24, 2.45) is 25.0 Å². The highest BCUT2D eigenvalue weighted by molar-refractivity contribution is 5.76. The minimum Gasteiger partial charge on any atom is -0.356 e. The molecule has 0 aromatic carbocycles. The molecule has 0 saturated carbocycles. The van der Waals surface area contributed by atoms with Gasteiger partial charge in [-0.2, -0.15) is 0 Å². The lowest BCUT2D eigenvalue weighted by Gasteiger charge is -2.12. The summed E-state index contributed by atoms with van der Waals surface area (Å²) in [4.78, 5) is 40.3. The molecule has 0 bridgehead atoms. The monoisotopic (exact) mass is 365 g/mol. The Morgan fingerprint density at radius 2 is 1.92 bits per heavy atom. The van der Waals surface area contributed by atoms with Gasteiger partial charge in [0.2, 0.25) is 5.91 Å². The molecule has 0 fully saturated rings. The first-order valence-corrected chi connectivity index (χ1v) is 9.05. The molecular formula is C18H31N5O3. The number of carbonyl (C=O) groups excluding carboxylic acids is 1. The van der Waals surface area contributed by atoms with Crippen molar-refractivity contribution in [2.75, 3.05) is 20.1 Å². The van der Waals surface area contributed by atoms with E-state index in [1.165, 1.54) is 11.6 Å². The van der Waals surface area contributed by atoms with E-state index in [1.54, 1.807) is 20.2 Å². The summed E-state index contributed by atoms with van der Waals surface area (Å²) in [6.45, 7) is 5.23. The second kappa shape index (κ2) is 10.7. The van der Waals surface area contributed by atoms with E-state index in [9.17, 15) is 14.4 Å². The fourth-order valence-electron chi connectivity index (χ4n) is 2.64. The Labute approximate surface area is 154 Å². The van der Waals surface area contributed by atoms with Crippen molar-refractivity contribution in [3.8, 4) is 0 Å². The molecule has 0 radical (unpaired) electrons.